The maximum absolute atomic E-state index is 5.01. The highest BCUT2D eigenvalue weighted by atomic mass is 32.1. The maximum atomic E-state index is 5.01. The Morgan fingerprint density at radius 2 is 2.33 bits per heavy atom. The van der Waals surface area contributed by atoms with Crippen LogP contribution in [0.5, 0.6) is 0 Å². The molecule has 2 rings (SSSR count). The number of nitrogens with one attached hydrogen (secondary N) is 1. The number of nitrogens with zero attached hydrogens (tertiary/aromatic N) is 2. The molecule has 0 fully saturated rings. The van der Waals surface area contributed by atoms with Gasteiger partial charge in [0.15, 0.2) is 0 Å². The van der Waals surface area contributed by atoms with E-state index in [1.54, 1.807) is 7.11 Å². The molecule has 0 aliphatic rings. The van der Waals surface area contributed by atoms with Crippen LogP contribution in [0, 0.1) is 6.92 Å². The minimum atomic E-state index is 0.734. The summed E-state index contributed by atoms with van der Waals surface area (Å²) in [6.45, 7) is 5.46. The van der Waals surface area contributed by atoms with E-state index in [0.29, 0.717) is 0 Å². The highest BCUT2D eigenvalue weighted by Crippen LogP contribution is 2.17. The Labute approximate surface area is 112 Å². The number of thiophene rings is 1. The quantitative estimate of drug-likeness (QED) is 0.779. The first-order valence-corrected chi connectivity index (χ1v) is 6.85. The van der Waals surface area contributed by atoms with Crippen molar-refractivity contribution in [3.05, 3.63) is 40.1 Å². The summed E-state index contributed by atoms with van der Waals surface area (Å²) < 4.78 is 7.19. The van der Waals surface area contributed by atoms with E-state index in [0.717, 1.165) is 26.2 Å². The molecule has 2 aromatic rings. The first-order chi connectivity index (χ1) is 8.79. The molecule has 0 unspecified atom stereocenters. The lowest BCUT2D eigenvalue weighted by Crippen LogP contribution is -2.20. The van der Waals surface area contributed by atoms with Crippen molar-refractivity contribution in [2.75, 3.05) is 20.3 Å². The zero-order chi connectivity index (χ0) is 12.8. The Kier molecular flexibility index (Phi) is 4.92. The van der Waals surface area contributed by atoms with Gasteiger partial charge >= 0.3 is 0 Å². The monoisotopic (exact) mass is 265 g/mol. The van der Waals surface area contributed by atoms with Gasteiger partial charge < -0.3 is 14.6 Å². The molecule has 4 nitrogen and oxygen atoms in total. The van der Waals surface area contributed by atoms with Gasteiger partial charge in [0.2, 0.25) is 0 Å². The second kappa shape index (κ2) is 6.68. The number of hydrogen-bond donors (Lipinski definition) is 1. The molecule has 0 saturated carbocycles. The lowest BCUT2D eigenvalue weighted by atomic mass is 10.4. The van der Waals surface area contributed by atoms with E-state index < -0.39 is 0 Å². The fraction of sp³-hybridized carbons (Fsp3) is 0.462. The Balaban J connectivity index is 1.91. The first kappa shape index (κ1) is 13.3. The van der Waals surface area contributed by atoms with Gasteiger partial charge in [0.1, 0.15) is 0 Å². The summed E-state index contributed by atoms with van der Waals surface area (Å²) in [7, 11) is 1.71. The van der Waals surface area contributed by atoms with E-state index in [2.05, 4.69) is 33.9 Å². The van der Waals surface area contributed by atoms with E-state index in [1.165, 1.54) is 15.4 Å². The summed E-state index contributed by atoms with van der Waals surface area (Å²) >= 11 is 1.84. The lowest BCUT2D eigenvalue weighted by Gasteiger charge is -2.08. The minimum Gasteiger partial charge on any atom is -0.383 e. The Morgan fingerprint density at radius 3 is 3.06 bits per heavy atom. The lowest BCUT2D eigenvalue weighted by molar-refractivity contribution is 0.199. The minimum absolute atomic E-state index is 0.734. The molecule has 0 saturated heterocycles. The highest BCUT2D eigenvalue weighted by molar-refractivity contribution is 7.11. The molecule has 0 radical (unpaired) electrons. The Morgan fingerprint density at radius 1 is 1.44 bits per heavy atom. The van der Waals surface area contributed by atoms with Gasteiger partial charge in [-0.1, -0.05) is 0 Å². The SMILES string of the molecule is COCCNCc1cncn1Cc1ccc(C)s1. The van der Waals surface area contributed by atoms with E-state index in [9.17, 15) is 0 Å². The molecule has 0 aromatic carbocycles. The van der Waals surface area contributed by atoms with Gasteiger partial charge in [0.05, 0.1) is 25.2 Å². The maximum Gasteiger partial charge on any atom is 0.0952 e. The van der Waals surface area contributed by atoms with Crippen molar-refractivity contribution in [1.82, 2.24) is 14.9 Å². The molecule has 0 aliphatic carbocycles. The first-order valence-electron chi connectivity index (χ1n) is 6.03. The van der Waals surface area contributed by atoms with Crippen LogP contribution in [-0.2, 0) is 17.8 Å². The summed E-state index contributed by atoms with van der Waals surface area (Å²) in [6, 6.07) is 4.34. The molecule has 18 heavy (non-hydrogen) atoms. The van der Waals surface area contributed by atoms with Crippen LogP contribution in [0.2, 0.25) is 0 Å². The average Bonchev–Trinajstić information content (AvgIpc) is 2.95. The van der Waals surface area contributed by atoms with Gasteiger partial charge in [-0.25, -0.2) is 4.98 Å². The van der Waals surface area contributed by atoms with Crippen LogP contribution in [0.25, 0.3) is 0 Å². The van der Waals surface area contributed by atoms with Gasteiger partial charge in [-0.15, -0.1) is 11.3 Å². The molecule has 5 heteroatoms. The summed E-state index contributed by atoms with van der Waals surface area (Å²) in [4.78, 5) is 6.94. The largest absolute Gasteiger partial charge is 0.383 e. The van der Waals surface area contributed by atoms with Crippen LogP contribution < -0.4 is 5.32 Å². The van der Waals surface area contributed by atoms with Crippen LogP contribution >= 0.6 is 11.3 Å². The normalized spacial score (nSPS) is 11.0. The predicted octanol–water partition coefficient (Wildman–Crippen LogP) is 2.04. The molecule has 0 amide bonds. The molecule has 0 spiro atoms. The Hall–Kier alpha value is -1.17. The summed E-state index contributed by atoms with van der Waals surface area (Å²) in [5, 5.41) is 3.34. The van der Waals surface area contributed by atoms with E-state index in [1.807, 2.05) is 23.9 Å². The summed E-state index contributed by atoms with van der Waals surface area (Å²) in [6.07, 6.45) is 3.81. The zero-order valence-corrected chi connectivity index (χ0v) is 11.7. The number of imidazole rings is 1. The smallest absolute Gasteiger partial charge is 0.0952 e. The number of methoxy groups -OCH3 is 1. The second-order valence-corrected chi connectivity index (χ2v) is 5.57. The van der Waals surface area contributed by atoms with Gasteiger partial charge in [0, 0.05) is 36.2 Å². The Bertz CT molecular complexity index is 478. The molecular weight excluding hydrogens is 246 g/mol. The molecule has 0 aliphatic heterocycles. The average molecular weight is 265 g/mol. The van der Waals surface area contributed by atoms with Gasteiger partial charge in [0.25, 0.3) is 0 Å². The van der Waals surface area contributed by atoms with Crippen molar-refractivity contribution >= 4 is 11.3 Å². The summed E-state index contributed by atoms with van der Waals surface area (Å²) in [5.74, 6) is 0. The molecule has 0 bridgehead atoms. The predicted molar refractivity (Wildman–Crippen MR) is 74.0 cm³/mol. The van der Waals surface area contributed by atoms with Crippen LogP contribution in [0.4, 0.5) is 0 Å². The molecule has 98 valence electrons. The van der Waals surface area contributed by atoms with Crippen molar-refractivity contribution in [2.45, 2.75) is 20.0 Å². The van der Waals surface area contributed by atoms with Crippen molar-refractivity contribution in [3.63, 3.8) is 0 Å². The van der Waals surface area contributed by atoms with E-state index in [-0.39, 0.29) is 0 Å². The topological polar surface area (TPSA) is 39.1 Å². The summed E-state index contributed by atoms with van der Waals surface area (Å²) in [5.41, 5.74) is 1.21. The number of aromatic nitrogens is 2. The zero-order valence-electron chi connectivity index (χ0n) is 10.8. The fourth-order valence-corrected chi connectivity index (χ4v) is 2.66. The van der Waals surface area contributed by atoms with Crippen molar-refractivity contribution in [1.29, 1.82) is 0 Å². The third-order valence-corrected chi connectivity index (χ3v) is 3.70. The number of rotatable bonds is 7. The van der Waals surface area contributed by atoms with E-state index >= 15 is 0 Å². The van der Waals surface area contributed by atoms with Gasteiger partial charge in [-0.05, 0) is 19.1 Å². The van der Waals surface area contributed by atoms with Crippen molar-refractivity contribution in [2.24, 2.45) is 0 Å². The second-order valence-electron chi connectivity index (χ2n) is 4.19. The molecule has 0 atom stereocenters. The van der Waals surface area contributed by atoms with E-state index in [4.69, 9.17) is 4.74 Å². The number of hydrogen-bond acceptors (Lipinski definition) is 4. The number of aryl methyl sites for hydroxylation is 1. The number of ether oxygens (including phenoxy) is 1. The molecule has 1 N–H and O–H groups in total. The van der Waals surface area contributed by atoms with Crippen molar-refractivity contribution in [3.8, 4) is 0 Å². The van der Waals surface area contributed by atoms with Gasteiger partial charge in [-0.3, -0.25) is 0 Å². The fourth-order valence-electron chi connectivity index (χ4n) is 1.77. The highest BCUT2D eigenvalue weighted by Gasteiger charge is 2.04. The standard InChI is InChI=1S/C13H19N3OS/c1-11-3-4-13(18-11)9-16-10-15-8-12(16)7-14-5-6-17-2/h3-4,8,10,14H,5-7,9H2,1-2H3. The van der Waals surface area contributed by atoms with Crippen LogP contribution in [0.3, 0.4) is 0 Å². The molecule has 2 heterocycles. The molecular formula is C13H19N3OS. The van der Waals surface area contributed by atoms with Crippen LogP contribution in [0.15, 0.2) is 24.7 Å². The molecule has 2 aromatic heterocycles. The third-order valence-electron chi connectivity index (χ3n) is 2.71. The third kappa shape index (κ3) is 3.66. The van der Waals surface area contributed by atoms with Crippen LogP contribution in [0.1, 0.15) is 15.4 Å². The van der Waals surface area contributed by atoms with Crippen LogP contribution in [-0.4, -0.2) is 29.8 Å². The van der Waals surface area contributed by atoms with Gasteiger partial charge in [-0.2, -0.15) is 0 Å². The van der Waals surface area contributed by atoms with Crippen molar-refractivity contribution < 1.29 is 4.74 Å².